The van der Waals surface area contributed by atoms with E-state index in [2.05, 4.69) is 64.4 Å². The van der Waals surface area contributed by atoms with E-state index in [1.807, 2.05) is 30.5 Å². The molecule has 6 heteroatoms. The highest BCUT2D eigenvalue weighted by atomic mass is 32.1. The number of thiocarbonyl (C=S) groups is 1. The first-order valence-corrected chi connectivity index (χ1v) is 11.1. The number of hydrogen-bond donors (Lipinski definition) is 2. The number of methoxy groups -OCH3 is 1. The maximum atomic E-state index is 5.83. The third kappa shape index (κ3) is 5.08. The molecule has 2 N–H and O–H groups in total. The number of fused-ring (bicyclic) bond motifs is 1. The van der Waals surface area contributed by atoms with Gasteiger partial charge in [-0.1, -0.05) is 18.2 Å². The minimum atomic E-state index is 0.691. The molecule has 0 bridgehead atoms. The van der Waals surface area contributed by atoms with Crippen molar-refractivity contribution in [3.8, 4) is 5.75 Å². The van der Waals surface area contributed by atoms with E-state index >= 15 is 0 Å². The Labute approximate surface area is 194 Å². The molecule has 4 aromatic rings. The number of ether oxygens (including phenoxy) is 1. The van der Waals surface area contributed by atoms with Crippen LogP contribution < -0.4 is 10.1 Å². The number of rotatable bonds is 7. The largest absolute Gasteiger partial charge is 0.497 e. The Morgan fingerprint density at radius 1 is 1.12 bits per heavy atom. The van der Waals surface area contributed by atoms with E-state index in [-0.39, 0.29) is 0 Å². The third-order valence-electron chi connectivity index (χ3n) is 5.61. The number of benzene rings is 2. The van der Waals surface area contributed by atoms with Gasteiger partial charge in [-0.2, -0.15) is 0 Å². The predicted octanol–water partition coefficient (Wildman–Crippen LogP) is 5.63. The number of pyridine rings is 1. The van der Waals surface area contributed by atoms with E-state index in [1.54, 1.807) is 13.3 Å². The third-order valence-corrected chi connectivity index (χ3v) is 5.97. The van der Waals surface area contributed by atoms with Gasteiger partial charge in [-0.3, -0.25) is 4.98 Å². The van der Waals surface area contributed by atoms with Crippen molar-refractivity contribution in [1.82, 2.24) is 14.9 Å². The number of anilines is 1. The van der Waals surface area contributed by atoms with E-state index in [0.717, 1.165) is 35.5 Å². The quantitative estimate of drug-likeness (QED) is 0.362. The standard InChI is InChI=1S/C26H28N4OS/c1-18-6-4-8-21(14-18)29-26(32)30(17-20-7-5-12-27-16-20)13-11-23-19(2)28-25-10-9-22(31-3)15-24(23)25/h4-10,12,14-16,28H,11,13,17H2,1-3H3,(H,29,32). The van der Waals surface area contributed by atoms with Gasteiger partial charge in [0.15, 0.2) is 5.11 Å². The van der Waals surface area contributed by atoms with Gasteiger partial charge in [-0.15, -0.1) is 0 Å². The highest BCUT2D eigenvalue weighted by Crippen LogP contribution is 2.27. The van der Waals surface area contributed by atoms with Crippen LogP contribution in [0.3, 0.4) is 0 Å². The van der Waals surface area contributed by atoms with Crippen molar-refractivity contribution in [2.24, 2.45) is 0 Å². The summed E-state index contributed by atoms with van der Waals surface area (Å²) in [4.78, 5) is 9.96. The summed E-state index contributed by atoms with van der Waals surface area (Å²) < 4.78 is 5.44. The Kier molecular flexibility index (Phi) is 6.71. The molecule has 4 rings (SSSR count). The van der Waals surface area contributed by atoms with Crippen molar-refractivity contribution in [3.63, 3.8) is 0 Å². The molecule has 0 saturated heterocycles. The monoisotopic (exact) mass is 444 g/mol. The van der Waals surface area contributed by atoms with Crippen LogP contribution in [0.1, 0.15) is 22.4 Å². The first kappa shape index (κ1) is 21.8. The number of hydrogen-bond acceptors (Lipinski definition) is 3. The maximum absolute atomic E-state index is 5.83. The van der Waals surface area contributed by atoms with Gasteiger partial charge in [0.2, 0.25) is 0 Å². The molecule has 2 aromatic heterocycles. The highest BCUT2D eigenvalue weighted by Gasteiger charge is 2.15. The van der Waals surface area contributed by atoms with Crippen molar-refractivity contribution < 1.29 is 4.74 Å². The topological polar surface area (TPSA) is 53.2 Å². The first-order valence-electron chi connectivity index (χ1n) is 10.7. The highest BCUT2D eigenvalue weighted by molar-refractivity contribution is 7.80. The lowest BCUT2D eigenvalue weighted by Gasteiger charge is -2.26. The van der Waals surface area contributed by atoms with Crippen molar-refractivity contribution in [3.05, 3.63) is 89.4 Å². The lowest BCUT2D eigenvalue weighted by molar-refractivity contribution is 0.415. The van der Waals surface area contributed by atoms with Crippen LogP contribution in [0.4, 0.5) is 5.69 Å². The zero-order valence-electron chi connectivity index (χ0n) is 18.7. The Bertz CT molecular complexity index is 1220. The molecule has 164 valence electrons. The van der Waals surface area contributed by atoms with Crippen LogP contribution in [-0.2, 0) is 13.0 Å². The zero-order chi connectivity index (χ0) is 22.5. The maximum Gasteiger partial charge on any atom is 0.173 e. The number of aryl methyl sites for hydroxylation is 2. The molecule has 2 heterocycles. The van der Waals surface area contributed by atoms with Gasteiger partial charge in [-0.05, 0) is 85.6 Å². The molecule has 0 fully saturated rings. The second-order valence-electron chi connectivity index (χ2n) is 7.97. The summed E-state index contributed by atoms with van der Waals surface area (Å²) in [5.41, 5.74) is 6.90. The van der Waals surface area contributed by atoms with Gasteiger partial charge >= 0.3 is 0 Å². The molecule has 32 heavy (non-hydrogen) atoms. The number of nitrogens with one attached hydrogen (secondary N) is 2. The minimum Gasteiger partial charge on any atom is -0.497 e. The van der Waals surface area contributed by atoms with E-state index in [4.69, 9.17) is 17.0 Å². The van der Waals surface area contributed by atoms with Gasteiger partial charge < -0.3 is 19.9 Å². The molecule has 0 amide bonds. The van der Waals surface area contributed by atoms with Crippen molar-refractivity contribution in [2.75, 3.05) is 19.0 Å². The molecule has 0 aliphatic carbocycles. The molecule has 0 saturated carbocycles. The predicted molar refractivity (Wildman–Crippen MR) is 135 cm³/mol. The number of aromatic nitrogens is 2. The van der Waals surface area contributed by atoms with E-state index in [9.17, 15) is 0 Å². The van der Waals surface area contributed by atoms with Crippen LogP contribution in [-0.4, -0.2) is 33.6 Å². The van der Waals surface area contributed by atoms with Crippen LogP contribution in [0.25, 0.3) is 10.9 Å². The fourth-order valence-electron chi connectivity index (χ4n) is 3.95. The molecular formula is C26H28N4OS. The van der Waals surface area contributed by atoms with Crippen molar-refractivity contribution in [1.29, 1.82) is 0 Å². The molecule has 0 aliphatic heterocycles. The lowest BCUT2D eigenvalue weighted by atomic mass is 10.1. The Morgan fingerprint density at radius 2 is 2.00 bits per heavy atom. The van der Waals surface area contributed by atoms with E-state index < -0.39 is 0 Å². The summed E-state index contributed by atoms with van der Waals surface area (Å²) in [7, 11) is 1.70. The smallest absolute Gasteiger partial charge is 0.173 e. The summed E-state index contributed by atoms with van der Waals surface area (Å²) in [6.07, 6.45) is 4.54. The number of aromatic amines is 1. The second kappa shape index (κ2) is 9.83. The van der Waals surface area contributed by atoms with Crippen LogP contribution in [0.15, 0.2) is 67.0 Å². The zero-order valence-corrected chi connectivity index (χ0v) is 19.5. The fraction of sp³-hybridized carbons (Fsp3) is 0.231. The molecular weight excluding hydrogens is 416 g/mol. The molecule has 5 nitrogen and oxygen atoms in total. The summed E-state index contributed by atoms with van der Waals surface area (Å²) >= 11 is 5.83. The SMILES string of the molecule is COc1ccc2[nH]c(C)c(CCN(Cc3cccnc3)C(=S)Nc3cccc(C)c3)c2c1. The first-order chi connectivity index (χ1) is 15.5. The van der Waals surface area contributed by atoms with Crippen LogP contribution in [0.2, 0.25) is 0 Å². The molecule has 0 atom stereocenters. The van der Waals surface area contributed by atoms with Gasteiger partial charge in [0.25, 0.3) is 0 Å². The molecule has 0 radical (unpaired) electrons. The van der Waals surface area contributed by atoms with E-state index in [0.29, 0.717) is 11.7 Å². The summed E-state index contributed by atoms with van der Waals surface area (Å²) in [6.45, 7) is 5.67. The fourth-order valence-corrected chi connectivity index (χ4v) is 4.22. The molecule has 0 unspecified atom stereocenters. The summed E-state index contributed by atoms with van der Waals surface area (Å²) in [5.74, 6) is 0.863. The Hall–Kier alpha value is -3.38. The van der Waals surface area contributed by atoms with E-state index in [1.165, 1.54) is 22.2 Å². The lowest BCUT2D eigenvalue weighted by Crippen LogP contribution is -2.36. The van der Waals surface area contributed by atoms with Crippen molar-refractivity contribution in [2.45, 2.75) is 26.8 Å². The summed E-state index contributed by atoms with van der Waals surface area (Å²) in [6, 6.07) is 18.5. The molecule has 0 aliphatic rings. The Balaban J connectivity index is 1.57. The number of H-pyrrole nitrogens is 1. The number of nitrogens with zero attached hydrogens (tertiary/aromatic N) is 2. The van der Waals surface area contributed by atoms with Crippen LogP contribution >= 0.6 is 12.2 Å². The molecule has 2 aromatic carbocycles. The summed E-state index contributed by atoms with van der Waals surface area (Å²) in [5, 5.41) is 5.31. The van der Waals surface area contributed by atoms with Crippen LogP contribution in [0.5, 0.6) is 5.75 Å². The Morgan fingerprint density at radius 3 is 2.75 bits per heavy atom. The van der Waals surface area contributed by atoms with Gasteiger partial charge in [0, 0.05) is 47.8 Å². The van der Waals surface area contributed by atoms with Crippen molar-refractivity contribution >= 4 is 33.9 Å². The van der Waals surface area contributed by atoms with Gasteiger partial charge in [0.1, 0.15) is 5.75 Å². The molecule has 0 spiro atoms. The second-order valence-corrected chi connectivity index (χ2v) is 8.36. The average Bonchev–Trinajstić information content (AvgIpc) is 3.11. The van der Waals surface area contributed by atoms with Gasteiger partial charge in [-0.25, -0.2) is 0 Å². The van der Waals surface area contributed by atoms with Gasteiger partial charge in [0.05, 0.1) is 7.11 Å². The minimum absolute atomic E-state index is 0.691. The normalized spacial score (nSPS) is 10.8. The van der Waals surface area contributed by atoms with Crippen LogP contribution in [0, 0.1) is 13.8 Å². The average molecular weight is 445 g/mol.